The van der Waals surface area contributed by atoms with E-state index in [-0.39, 0.29) is 24.4 Å². The van der Waals surface area contributed by atoms with Crippen molar-refractivity contribution in [3.05, 3.63) is 65.5 Å². The Morgan fingerprint density at radius 2 is 1.89 bits per heavy atom. The molecular formula is C22H26N4O2. The molecule has 1 heterocycles. The summed E-state index contributed by atoms with van der Waals surface area (Å²) in [5.74, 6) is 0.601. The summed E-state index contributed by atoms with van der Waals surface area (Å²) in [6, 6.07) is 14.8. The Balaban J connectivity index is 1.65. The van der Waals surface area contributed by atoms with Crippen molar-refractivity contribution in [3.8, 4) is 0 Å². The van der Waals surface area contributed by atoms with Gasteiger partial charge in [0, 0.05) is 5.56 Å². The van der Waals surface area contributed by atoms with Gasteiger partial charge in [-0.25, -0.2) is 4.98 Å². The van der Waals surface area contributed by atoms with E-state index in [1.54, 1.807) is 12.1 Å². The van der Waals surface area contributed by atoms with Crippen molar-refractivity contribution in [2.75, 3.05) is 6.54 Å². The Morgan fingerprint density at radius 3 is 2.61 bits per heavy atom. The highest BCUT2D eigenvalue weighted by molar-refractivity contribution is 5.96. The minimum absolute atomic E-state index is 0.0817. The largest absolute Gasteiger partial charge is 0.345 e. The Kier molecular flexibility index (Phi) is 6.09. The van der Waals surface area contributed by atoms with Gasteiger partial charge in [-0.05, 0) is 43.5 Å². The number of aryl methyl sites for hydroxylation is 1. The number of imidazole rings is 1. The molecule has 0 unspecified atom stereocenters. The second-order valence-electron chi connectivity index (χ2n) is 7.44. The Labute approximate surface area is 164 Å². The number of rotatable bonds is 7. The molecule has 0 aliphatic heterocycles. The van der Waals surface area contributed by atoms with Gasteiger partial charge in [-0.3, -0.25) is 9.59 Å². The van der Waals surface area contributed by atoms with Crippen molar-refractivity contribution in [1.82, 2.24) is 20.6 Å². The van der Waals surface area contributed by atoms with Gasteiger partial charge in [0.15, 0.2) is 0 Å². The molecule has 3 rings (SSSR count). The Bertz CT molecular complexity index is 944. The van der Waals surface area contributed by atoms with E-state index in [1.807, 2.05) is 43.3 Å². The second kappa shape index (κ2) is 8.69. The van der Waals surface area contributed by atoms with Crippen LogP contribution in [0, 0.1) is 12.8 Å². The van der Waals surface area contributed by atoms with Crippen LogP contribution < -0.4 is 10.6 Å². The van der Waals surface area contributed by atoms with Gasteiger partial charge in [0.1, 0.15) is 5.82 Å². The van der Waals surface area contributed by atoms with E-state index < -0.39 is 0 Å². The van der Waals surface area contributed by atoms with Crippen LogP contribution in [0.5, 0.6) is 0 Å². The minimum Gasteiger partial charge on any atom is -0.345 e. The zero-order chi connectivity index (χ0) is 20.1. The molecule has 0 aliphatic rings. The summed E-state index contributed by atoms with van der Waals surface area (Å²) in [5.41, 5.74) is 3.35. The third-order valence-electron chi connectivity index (χ3n) is 4.47. The molecule has 28 heavy (non-hydrogen) atoms. The topological polar surface area (TPSA) is 86.9 Å². The number of para-hydroxylation sites is 2. The lowest BCUT2D eigenvalue weighted by Gasteiger charge is -2.19. The second-order valence-corrected chi connectivity index (χ2v) is 7.44. The fraction of sp³-hybridized carbons (Fsp3) is 0.318. The van der Waals surface area contributed by atoms with Crippen LogP contribution in [-0.4, -0.2) is 28.3 Å². The van der Waals surface area contributed by atoms with Gasteiger partial charge in [-0.2, -0.15) is 0 Å². The lowest BCUT2D eigenvalue weighted by molar-refractivity contribution is -0.121. The monoisotopic (exact) mass is 378 g/mol. The molecular weight excluding hydrogens is 352 g/mol. The van der Waals surface area contributed by atoms with Crippen molar-refractivity contribution >= 4 is 22.8 Å². The molecule has 1 aromatic heterocycles. The van der Waals surface area contributed by atoms with E-state index in [9.17, 15) is 9.59 Å². The normalized spacial score (nSPS) is 12.1. The molecule has 2 aromatic carbocycles. The predicted octanol–water partition coefficient (Wildman–Crippen LogP) is 3.50. The molecule has 0 fully saturated rings. The summed E-state index contributed by atoms with van der Waals surface area (Å²) in [4.78, 5) is 32.6. The van der Waals surface area contributed by atoms with E-state index in [0.717, 1.165) is 28.8 Å². The summed E-state index contributed by atoms with van der Waals surface area (Å²) in [6.07, 6.45) is 0.747. The molecule has 0 bridgehead atoms. The number of nitrogens with one attached hydrogen (secondary N) is 3. The van der Waals surface area contributed by atoms with Gasteiger partial charge >= 0.3 is 0 Å². The molecule has 6 nitrogen and oxygen atoms in total. The third kappa shape index (κ3) is 4.97. The zero-order valence-corrected chi connectivity index (χ0v) is 16.5. The van der Waals surface area contributed by atoms with Crippen LogP contribution in [0.25, 0.3) is 11.0 Å². The summed E-state index contributed by atoms with van der Waals surface area (Å²) < 4.78 is 0. The maximum atomic E-state index is 12.5. The summed E-state index contributed by atoms with van der Waals surface area (Å²) in [7, 11) is 0. The summed E-state index contributed by atoms with van der Waals surface area (Å²) in [6.45, 7) is 6.04. The number of hydrogen-bond donors (Lipinski definition) is 3. The number of amides is 2. The molecule has 6 heteroatoms. The number of aromatic amines is 1. The molecule has 0 saturated carbocycles. The number of nitrogens with zero attached hydrogens (tertiary/aromatic N) is 1. The first-order valence-corrected chi connectivity index (χ1v) is 9.51. The predicted molar refractivity (Wildman–Crippen MR) is 110 cm³/mol. The quantitative estimate of drug-likeness (QED) is 0.588. The number of aromatic nitrogens is 2. The highest BCUT2D eigenvalue weighted by atomic mass is 16.2. The fourth-order valence-corrected chi connectivity index (χ4v) is 3.14. The maximum Gasteiger partial charge on any atom is 0.251 e. The van der Waals surface area contributed by atoms with Gasteiger partial charge in [-0.1, -0.05) is 43.7 Å². The number of carbonyl (C=O) groups excluding carboxylic acids is 2. The molecule has 1 atom stereocenters. The lowest BCUT2D eigenvalue weighted by atomic mass is 10.0. The van der Waals surface area contributed by atoms with Crippen LogP contribution in [0.3, 0.4) is 0 Å². The van der Waals surface area contributed by atoms with Gasteiger partial charge in [0.25, 0.3) is 5.91 Å². The SMILES string of the molecule is Cc1cccc(C(=O)NCC(=O)N[C@@H](CC(C)C)c2nc3ccccc3[nH]2)c1. The average molecular weight is 378 g/mol. The summed E-state index contributed by atoms with van der Waals surface area (Å²) in [5, 5.41) is 5.68. The van der Waals surface area contributed by atoms with Gasteiger partial charge in [-0.15, -0.1) is 0 Å². The maximum absolute atomic E-state index is 12.5. The smallest absolute Gasteiger partial charge is 0.251 e. The van der Waals surface area contributed by atoms with Crippen molar-refractivity contribution in [2.45, 2.75) is 33.2 Å². The van der Waals surface area contributed by atoms with Crippen LogP contribution in [0.1, 0.15) is 48.1 Å². The number of H-pyrrole nitrogens is 1. The van der Waals surface area contributed by atoms with Gasteiger partial charge in [0.05, 0.1) is 23.6 Å². The molecule has 0 radical (unpaired) electrons. The number of benzene rings is 2. The lowest BCUT2D eigenvalue weighted by Crippen LogP contribution is -2.39. The van der Waals surface area contributed by atoms with E-state index >= 15 is 0 Å². The van der Waals surface area contributed by atoms with Crippen molar-refractivity contribution in [2.24, 2.45) is 5.92 Å². The van der Waals surface area contributed by atoms with E-state index in [2.05, 4.69) is 34.4 Å². The van der Waals surface area contributed by atoms with Gasteiger partial charge < -0.3 is 15.6 Å². The number of hydrogen-bond acceptors (Lipinski definition) is 3. The third-order valence-corrected chi connectivity index (χ3v) is 4.47. The Hall–Kier alpha value is -3.15. The molecule has 146 valence electrons. The van der Waals surface area contributed by atoms with Crippen molar-refractivity contribution in [1.29, 1.82) is 0 Å². The zero-order valence-electron chi connectivity index (χ0n) is 16.5. The number of fused-ring (bicyclic) bond motifs is 1. The first kappa shape index (κ1) is 19.6. The highest BCUT2D eigenvalue weighted by Crippen LogP contribution is 2.21. The Morgan fingerprint density at radius 1 is 1.11 bits per heavy atom. The van der Waals surface area contributed by atoms with Crippen LogP contribution in [0.4, 0.5) is 0 Å². The molecule has 0 spiro atoms. The molecule has 0 saturated heterocycles. The van der Waals surface area contributed by atoms with Crippen molar-refractivity contribution < 1.29 is 9.59 Å². The van der Waals surface area contributed by atoms with E-state index in [1.165, 1.54) is 0 Å². The molecule has 0 aliphatic carbocycles. The first-order chi connectivity index (χ1) is 13.4. The van der Waals surface area contributed by atoms with E-state index in [0.29, 0.717) is 11.5 Å². The van der Waals surface area contributed by atoms with Crippen LogP contribution in [0.15, 0.2) is 48.5 Å². The highest BCUT2D eigenvalue weighted by Gasteiger charge is 2.20. The average Bonchev–Trinajstić information content (AvgIpc) is 3.09. The van der Waals surface area contributed by atoms with Crippen LogP contribution in [0.2, 0.25) is 0 Å². The van der Waals surface area contributed by atoms with Gasteiger partial charge in [0.2, 0.25) is 5.91 Å². The molecule has 2 amide bonds. The fourth-order valence-electron chi connectivity index (χ4n) is 3.14. The minimum atomic E-state index is -0.261. The first-order valence-electron chi connectivity index (χ1n) is 9.51. The molecule has 3 aromatic rings. The summed E-state index contributed by atoms with van der Waals surface area (Å²) >= 11 is 0. The van der Waals surface area contributed by atoms with Crippen LogP contribution in [-0.2, 0) is 4.79 Å². The number of carbonyl (C=O) groups is 2. The molecule has 3 N–H and O–H groups in total. The van der Waals surface area contributed by atoms with Crippen molar-refractivity contribution in [3.63, 3.8) is 0 Å². The standard InChI is InChI=1S/C22H26N4O2/c1-14(2)11-19(21-25-17-9-4-5-10-18(17)26-21)24-20(27)13-23-22(28)16-8-6-7-15(3)12-16/h4-10,12,14,19H,11,13H2,1-3H3,(H,23,28)(H,24,27)(H,25,26)/t19-/m0/s1. The van der Waals surface area contributed by atoms with E-state index in [4.69, 9.17) is 0 Å². The van der Waals surface area contributed by atoms with Crippen LogP contribution >= 0.6 is 0 Å².